The third kappa shape index (κ3) is 9.73. The van der Waals surface area contributed by atoms with Crippen molar-refractivity contribution in [2.24, 2.45) is 0 Å². The predicted molar refractivity (Wildman–Crippen MR) is 150 cm³/mol. The van der Waals surface area contributed by atoms with Crippen molar-refractivity contribution in [1.82, 2.24) is 9.97 Å². The van der Waals surface area contributed by atoms with E-state index < -0.39 is 0 Å². The lowest BCUT2D eigenvalue weighted by Gasteiger charge is -2.14. The molecule has 0 aliphatic rings. The molecule has 1 atom stereocenters. The van der Waals surface area contributed by atoms with E-state index in [-0.39, 0.29) is 6.10 Å². The Morgan fingerprint density at radius 1 is 0.667 bits per heavy atom. The maximum atomic E-state index is 5.91. The molecule has 1 heterocycles. The zero-order valence-corrected chi connectivity index (χ0v) is 22.5. The van der Waals surface area contributed by atoms with Gasteiger partial charge in [0.1, 0.15) is 12.4 Å². The lowest BCUT2D eigenvalue weighted by atomic mass is 10.0. The standard InChI is InChI=1S/C32H44N2O2/c1-4-6-8-9-10-11-13-27-23-33-32(34-24-27)30-16-14-28(15-17-30)29-18-20-31(21-19-29)36-25-26(3)35-22-12-7-5-2/h14-21,23-24,26H,4-13,22,25H2,1-3H3. The summed E-state index contributed by atoms with van der Waals surface area (Å²) in [5.74, 6) is 1.65. The van der Waals surface area contributed by atoms with Crippen molar-refractivity contribution in [3.63, 3.8) is 0 Å². The molecule has 3 aromatic rings. The Balaban J connectivity index is 1.45. The second kappa shape index (κ2) is 16.1. The van der Waals surface area contributed by atoms with Crippen LogP contribution in [0.15, 0.2) is 60.9 Å². The summed E-state index contributed by atoms with van der Waals surface area (Å²) in [6.07, 6.45) is 16.5. The first-order chi connectivity index (χ1) is 17.7. The average Bonchev–Trinajstić information content (AvgIpc) is 2.93. The molecule has 2 aromatic carbocycles. The van der Waals surface area contributed by atoms with Gasteiger partial charge < -0.3 is 9.47 Å². The quantitative estimate of drug-likeness (QED) is 0.178. The Bertz CT molecular complexity index is 969. The smallest absolute Gasteiger partial charge is 0.159 e. The second-order valence-electron chi connectivity index (χ2n) is 9.73. The van der Waals surface area contributed by atoms with Crippen LogP contribution in [-0.2, 0) is 11.2 Å². The van der Waals surface area contributed by atoms with Crippen LogP contribution in [-0.4, -0.2) is 29.3 Å². The first-order valence-corrected chi connectivity index (χ1v) is 14.0. The fourth-order valence-electron chi connectivity index (χ4n) is 4.20. The van der Waals surface area contributed by atoms with Gasteiger partial charge >= 0.3 is 0 Å². The molecule has 3 rings (SSSR count). The Kier molecular flexibility index (Phi) is 12.5. The van der Waals surface area contributed by atoms with Crippen molar-refractivity contribution in [2.75, 3.05) is 13.2 Å². The Morgan fingerprint density at radius 2 is 1.22 bits per heavy atom. The summed E-state index contributed by atoms with van der Waals surface area (Å²) >= 11 is 0. The minimum atomic E-state index is 0.0981. The number of aryl methyl sites for hydroxylation is 1. The van der Waals surface area contributed by atoms with Gasteiger partial charge in [0.05, 0.1) is 6.10 Å². The number of benzene rings is 2. The molecule has 194 valence electrons. The van der Waals surface area contributed by atoms with Crippen molar-refractivity contribution < 1.29 is 9.47 Å². The van der Waals surface area contributed by atoms with Crippen LogP contribution in [0.25, 0.3) is 22.5 Å². The van der Waals surface area contributed by atoms with Crippen molar-refractivity contribution in [2.45, 2.75) is 91.1 Å². The predicted octanol–water partition coefficient (Wildman–Crippen LogP) is 8.69. The van der Waals surface area contributed by atoms with Crippen molar-refractivity contribution in [1.29, 1.82) is 0 Å². The minimum Gasteiger partial charge on any atom is -0.491 e. The van der Waals surface area contributed by atoms with Crippen LogP contribution in [0.4, 0.5) is 0 Å². The second-order valence-corrected chi connectivity index (χ2v) is 9.73. The van der Waals surface area contributed by atoms with E-state index in [0.29, 0.717) is 6.61 Å². The van der Waals surface area contributed by atoms with E-state index in [1.165, 1.54) is 56.9 Å². The van der Waals surface area contributed by atoms with E-state index in [1.54, 1.807) is 0 Å². The van der Waals surface area contributed by atoms with E-state index in [4.69, 9.17) is 9.47 Å². The van der Waals surface area contributed by atoms with Crippen LogP contribution in [0, 0.1) is 0 Å². The molecule has 0 amide bonds. The molecule has 0 aliphatic carbocycles. The topological polar surface area (TPSA) is 44.2 Å². The summed E-state index contributed by atoms with van der Waals surface area (Å²) in [6.45, 7) is 7.90. The summed E-state index contributed by atoms with van der Waals surface area (Å²) in [5.41, 5.74) is 4.59. The van der Waals surface area contributed by atoms with Crippen molar-refractivity contribution in [3.05, 3.63) is 66.5 Å². The molecule has 1 unspecified atom stereocenters. The van der Waals surface area contributed by atoms with E-state index >= 15 is 0 Å². The summed E-state index contributed by atoms with van der Waals surface area (Å²) < 4.78 is 11.7. The number of aromatic nitrogens is 2. The van der Waals surface area contributed by atoms with E-state index in [0.717, 1.165) is 47.7 Å². The number of ether oxygens (including phenoxy) is 2. The SMILES string of the molecule is CCCCCCCCc1cnc(-c2ccc(-c3ccc(OCC(C)OCCCCC)cc3)cc2)nc1. The van der Waals surface area contributed by atoms with Gasteiger partial charge in [-0.05, 0) is 55.0 Å². The van der Waals surface area contributed by atoms with Gasteiger partial charge in [0.25, 0.3) is 0 Å². The van der Waals surface area contributed by atoms with E-state index in [2.05, 4.69) is 67.1 Å². The third-order valence-electron chi connectivity index (χ3n) is 6.49. The monoisotopic (exact) mass is 488 g/mol. The largest absolute Gasteiger partial charge is 0.491 e. The minimum absolute atomic E-state index is 0.0981. The Morgan fingerprint density at radius 3 is 1.89 bits per heavy atom. The van der Waals surface area contributed by atoms with Crippen LogP contribution < -0.4 is 4.74 Å². The molecule has 36 heavy (non-hydrogen) atoms. The number of unbranched alkanes of at least 4 members (excludes halogenated alkanes) is 7. The normalized spacial score (nSPS) is 12.0. The highest BCUT2D eigenvalue weighted by Gasteiger charge is 2.06. The van der Waals surface area contributed by atoms with Gasteiger partial charge in [0.15, 0.2) is 5.82 Å². The lowest BCUT2D eigenvalue weighted by molar-refractivity contribution is 0.0304. The fourth-order valence-corrected chi connectivity index (χ4v) is 4.20. The highest BCUT2D eigenvalue weighted by Crippen LogP contribution is 2.25. The highest BCUT2D eigenvalue weighted by atomic mass is 16.5. The van der Waals surface area contributed by atoms with E-state index in [9.17, 15) is 0 Å². The van der Waals surface area contributed by atoms with Gasteiger partial charge in [-0.2, -0.15) is 0 Å². The summed E-state index contributed by atoms with van der Waals surface area (Å²) in [4.78, 5) is 9.23. The molecular formula is C32H44N2O2. The highest BCUT2D eigenvalue weighted by molar-refractivity contribution is 5.68. The number of hydrogen-bond acceptors (Lipinski definition) is 4. The number of nitrogens with zero attached hydrogens (tertiary/aromatic N) is 2. The van der Waals surface area contributed by atoms with Crippen LogP contribution >= 0.6 is 0 Å². The molecule has 4 nitrogen and oxygen atoms in total. The van der Waals surface area contributed by atoms with Crippen molar-refractivity contribution >= 4 is 0 Å². The molecular weight excluding hydrogens is 444 g/mol. The molecule has 4 heteroatoms. The van der Waals surface area contributed by atoms with Gasteiger partial charge in [0.2, 0.25) is 0 Å². The van der Waals surface area contributed by atoms with Crippen LogP contribution in [0.5, 0.6) is 5.75 Å². The molecule has 0 saturated heterocycles. The van der Waals surface area contributed by atoms with Gasteiger partial charge in [-0.3, -0.25) is 0 Å². The van der Waals surface area contributed by atoms with Crippen LogP contribution in [0.3, 0.4) is 0 Å². The molecule has 0 bridgehead atoms. The maximum Gasteiger partial charge on any atom is 0.159 e. The Labute approximate surface area is 218 Å². The zero-order valence-electron chi connectivity index (χ0n) is 22.5. The molecule has 0 saturated carbocycles. The van der Waals surface area contributed by atoms with Gasteiger partial charge in [-0.15, -0.1) is 0 Å². The third-order valence-corrected chi connectivity index (χ3v) is 6.49. The number of rotatable bonds is 17. The first kappa shape index (κ1) is 27.9. The molecule has 1 aromatic heterocycles. The average molecular weight is 489 g/mol. The summed E-state index contributed by atoms with van der Waals surface area (Å²) in [6, 6.07) is 16.7. The lowest BCUT2D eigenvalue weighted by Crippen LogP contribution is -2.18. The summed E-state index contributed by atoms with van der Waals surface area (Å²) in [7, 11) is 0. The molecule has 0 fully saturated rings. The maximum absolute atomic E-state index is 5.91. The first-order valence-electron chi connectivity index (χ1n) is 14.0. The summed E-state index contributed by atoms with van der Waals surface area (Å²) in [5, 5.41) is 0. The molecule has 0 aliphatic heterocycles. The molecule has 0 N–H and O–H groups in total. The van der Waals surface area contributed by atoms with Gasteiger partial charge in [-0.25, -0.2) is 9.97 Å². The zero-order chi connectivity index (χ0) is 25.4. The fraction of sp³-hybridized carbons (Fsp3) is 0.500. The van der Waals surface area contributed by atoms with Crippen LogP contribution in [0.1, 0.15) is 84.1 Å². The van der Waals surface area contributed by atoms with Gasteiger partial charge in [0, 0.05) is 24.6 Å². The van der Waals surface area contributed by atoms with Gasteiger partial charge in [-0.1, -0.05) is 95.2 Å². The van der Waals surface area contributed by atoms with Crippen LogP contribution in [0.2, 0.25) is 0 Å². The number of hydrogen-bond donors (Lipinski definition) is 0. The van der Waals surface area contributed by atoms with Crippen molar-refractivity contribution in [3.8, 4) is 28.3 Å². The molecule has 0 spiro atoms. The molecule has 0 radical (unpaired) electrons. The Hall–Kier alpha value is -2.72. The van der Waals surface area contributed by atoms with E-state index in [1.807, 2.05) is 24.5 Å².